The molecule has 5 rings (SSSR count). The zero-order valence-electron chi connectivity index (χ0n) is 16.7. The van der Waals surface area contributed by atoms with E-state index in [0.29, 0.717) is 6.04 Å². The molecule has 0 spiro atoms. The number of anilines is 1. The van der Waals surface area contributed by atoms with Gasteiger partial charge in [-0.3, -0.25) is 4.40 Å². The van der Waals surface area contributed by atoms with Gasteiger partial charge < -0.3 is 4.90 Å². The molecule has 0 fully saturated rings. The Kier molecular flexibility index (Phi) is 3.97. The van der Waals surface area contributed by atoms with Crippen molar-refractivity contribution in [3.8, 4) is 17.1 Å². The van der Waals surface area contributed by atoms with E-state index in [2.05, 4.69) is 52.0 Å². The Balaban J connectivity index is 1.70. The number of rotatable bonds is 3. The predicted octanol–water partition coefficient (Wildman–Crippen LogP) is 3.02. The van der Waals surface area contributed by atoms with E-state index < -0.39 is 0 Å². The van der Waals surface area contributed by atoms with E-state index >= 15 is 0 Å². The van der Waals surface area contributed by atoms with Crippen LogP contribution in [-0.2, 0) is 6.42 Å². The number of hydrogen-bond acceptors (Lipinski definition) is 5. The van der Waals surface area contributed by atoms with E-state index in [-0.39, 0.29) is 11.6 Å². The third-order valence-electron chi connectivity index (χ3n) is 5.67. The Morgan fingerprint density at radius 3 is 2.62 bits per heavy atom. The van der Waals surface area contributed by atoms with E-state index in [1.807, 2.05) is 13.0 Å². The summed E-state index contributed by atoms with van der Waals surface area (Å²) < 4.78 is 2.92. The molecular weight excluding hydrogens is 364 g/mol. The van der Waals surface area contributed by atoms with Crippen LogP contribution in [0.5, 0.6) is 0 Å². The van der Waals surface area contributed by atoms with Gasteiger partial charge >= 0.3 is 5.69 Å². The Morgan fingerprint density at radius 2 is 1.86 bits per heavy atom. The van der Waals surface area contributed by atoms with Crippen molar-refractivity contribution in [2.45, 2.75) is 33.2 Å². The monoisotopic (exact) mass is 386 g/mol. The van der Waals surface area contributed by atoms with Gasteiger partial charge in [0, 0.05) is 41.9 Å². The van der Waals surface area contributed by atoms with Gasteiger partial charge in [0.2, 0.25) is 0 Å². The van der Waals surface area contributed by atoms with E-state index in [0.717, 1.165) is 29.7 Å². The molecule has 3 aromatic heterocycles. The van der Waals surface area contributed by atoms with Gasteiger partial charge in [0.15, 0.2) is 0 Å². The molecule has 0 aliphatic carbocycles. The smallest absolute Gasteiger partial charge is 0.356 e. The van der Waals surface area contributed by atoms with Gasteiger partial charge in [-0.2, -0.15) is 5.10 Å². The van der Waals surface area contributed by atoms with Crippen LogP contribution in [0.15, 0.2) is 53.7 Å². The van der Waals surface area contributed by atoms with Crippen molar-refractivity contribution < 1.29 is 0 Å². The van der Waals surface area contributed by atoms with Crippen LogP contribution in [0.3, 0.4) is 0 Å². The second-order valence-corrected chi connectivity index (χ2v) is 7.63. The molecule has 4 heterocycles. The number of aromatic nitrogens is 5. The first-order chi connectivity index (χ1) is 14.1. The quantitative estimate of drug-likeness (QED) is 0.541. The van der Waals surface area contributed by atoms with Gasteiger partial charge in [0.1, 0.15) is 0 Å². The summed E-state index contributed by atoms with van der Waals surface area (Å²) in [4.78, 5) is 23.9. The highest BCUT2D eigenvalue weighted by atomic mass is 16.2. The number of fused-ring (bicyclic) bond motifs is 2. The normalized spacial score (nSPS) is 13.4. The van der Waals surface area contributed by atoms with Crippen LogP contribution in [0, 0.1) is 6.92 Å². The predicted molar refractivity (Wildman–Crippen MR) is 113 cm³/mol. The van der Waals surface area contributed by atoms with E-state index in [9.17, 15) is 4.79 Å². The van der Waals surface area contributed by atoms with Gasteiger partial charge in [-0.05, 0) is 56.5 Å². The second kappa shape index (κ2) is 6.55. The van der Waals surface area contributed by atoms with E-state index in [1.54, 1.807) is 29.1 Å². The second-order valence-electron chi connectivity index (χ2n) is 7.63. The maximum Gasteiger partial charge on any atom is 0.356 e. The van der Waals surface area contributed by atoms with Crippen molar-refractivity contribution in [2.24, 2.45) is 0 Å². The standard InChI is InChI=1S/C22H22N6O/c1-14(2)26-11-8-18-17(6-4-7-20(18)26)19-12-16-13-25-28(21-23-9-5-10-24-21)22(29)27(16)15(19)3/h4-7,9-10,12-14H,8,11H2,1-3H3. The van der Waals surface area contributed by atoms with E-state index in [1.165, 1.54) is 21.5 Å². The van der Waals surface area contributed by atoms with Crippen molar-refractivity contribution in [3.63, 3.8) is 0 Å². The van der Waals surface area contributed by atoms with Gasteiger partial charge in [-0.15, -0.1) is 4.68 Å². The third-order valence-corrected chi connectivity index (χ3v) is 5.67. The van der Waals surface area contributed by atoms with Crippen LogP contribution in [0.25, 0.3) is 22.6 Å². The zero-order chi connectivity index (χ0) is 20.1. The summed E-state index contributed by atoms with van der Waals surface area (Å²) in [7, 11) is 0. The molecule has 7 heteroatoms. The maximum atomic E-state index is 13.1. The molecule has 0 N–H and O–H groups in total. The highest BCUT2D eigenvalue weighted by Gasteiger charge is 2.25. The molecule has 0 bridgehead atoms. The topological polar surface area (TPSA) is 68.3 Å². The lowest BCUT2D eigenvalue weighted by molar-refractivity contribution is 0.704. The molecular formula is C22H22N6O. The minimum Gasteiger partial charge on any atom is -0.369 e. The summed E-state index contributed by atoms with van der Waals surface area (Å²) in [5.74, 6) is 0.266. The lowest BCUT2D eigenvalue weighted by Crippen LogP contribution is -2.29. The minimum absolute atomic E-state index is 0.266. The number of hydrogen-bond donors (Lipinski definition) is 0. The fourth-order valence-corrected chi connectivity index (χ4v) is 4.30. The molecule has 1 aromatic carbocycles. The minimum atomic E-state index is -0.270. The molecule has 0 unspecified atom stereocenters. The first-order valence-electron chi connectivity index (χ1n) is 9.83. The lowest BCUT2D eigenvalue weighted by atomic mass is 9.98. The summed E-state index contributed by atoms with van der Waals surface area (Å²) in [6.07, 6.45) is 5.90. The van der Waals surface area contributed by atoms with Crippen LogP contribution < -0.4 is 10.6 Å². The summed E-state index contributed by atoms with van der Waals surface area (Å²) in [6.45, 7) is 7.45. The molecule has 1 aliphatic heterocycles. The van der Waals surface area contributed by atoms with Gasteiger partial charge in [-0.1, -0.05) is 12.1 Å². The SMILES string of the molecule is Cc1c(-c2cccc3c2CCN3C(C)C)cc2cnn(-c3ncccn3)c(=O)n12. The molecule has 146 valence electrons. The van der Waals surface area contributed by atoms with Crippen LogP contribution >= 0.6 is 0 Å². The Morgan fingerprint density at radius 1 is 1.07 bits per heavy atom. The van der Waals surface area contributed by atoms with E-state index in [4.69, 9.17) is 0 Å². The van der Waals surface area contributed by atoms with Gasteiger partial charge in [0.05, 0.1) is 11.7 Å². The van der Waals surface area contributed by atoms with Crippen LogP contribution in [0.2, 0.25) is 0 Å². The van der Waals surface area contributed by atoms with Crippen LogP contribution in [0.1, 0.15) is 25.1 Å². The summed E-state index contributed by atoms with van der Waals surface area (Å²) in [5.41, 5.74) is 6.29. The first kappa shape index (κ1) is 17.6. The highest BCUT2D eigenvalue weighted by Crippen LogP contribution is 2.38. The van der Waals surface area contributed by atoms with Gasteiger partial charge in [0.25, 0.3) is 5.95 Å². The molecule has 29 heavy (non-hydrogen) atoms. The Labute approximate surface area is 168 Å². The summed E-state index contributed by atoms with van der Waals surface area (Å²) in [5, 5.41) is 4.28. The van der Waals surface area contributed by atoms with Crippen molar-refractivity contribution >= 4 is 11.2 Å². The largest absolute Gasteiger partial charge is 0.369 e. The fourth-order valence-electron chi connectivity index (χ4n) is 4.30. The average Bonchev–Trinajstić information content (AvgIpc) is 3.31. The van der Waals surface area contributed by atoms with Crippen LogP contribution in [0.4, 0.5) is 5.69 Å². The van der Waals surface area contributed by atoms with Crippen LogP contribution in [-0.4, -0.2) is 36.7 Å². The first-order valence-corrected chi connectivity index (χ1v) is 9.83. The Bertz CT molecular complexity index is 1270. The van der Waals surface area contributed by atoms with Gasteiger partial charge in [-0.25, -0.2) is 14.8 Å². The number of aryl methyl sites for hydroxylation is 1. The summed E-state index contributed by atoms with van der Waals surface area (Å²) >= 11 is 0. The maximum absolute atomic E-state index is 13.1. The third kappa shape index (κ3) is 2.65. The molecule has 0 saturated heterocycles. The lowest BCUT2D eigenvalue weighted by Gasteiger charge is -2.24. The molecule has 0 amide bonds. The fraction of sp³-hybridized carbons (Fsp3) is 0.273. The Hall–Kier alpha value is -3.48. The number of benzene rings is 1. The van der Waals surface area contributed by atoms with Crippen molar-refractivity contribution in [3.05, 3.63) is 70.7 Å². The highest BCUT2D eigenvalue weighted by molar-refractivity contribution is 5.81. The van der Waals surface area contributed by atoms with Crippen molar-refractivity contribution in [2.75, 3.05) is 11.4 Å². The molecule has 0 saturated carbocycles. The van der Waals surface area contributed by atoms with Crippen molar-refractivity contribution in [1.29, 1.82) is 0 Å². The number of nitrogens with zero attached hydrogens (tertiary/aromatic N) is 6. The summed E-state index contributed by atoms with van der Waals surface area (Å²) in [6, 6.07) is 10.7. The average molecular weight is 386 g/mol. The molecule has 1 aliphatic rings. The molecule has 0 atom stereocenters. The molecule has 7 nitrogen and oxygen atoms in total. The molecule has 0 radical (unpaired) electrons. The zero-order valence-corrected chi connectivity index (χ0v) is 16.7. The molecule has 4 aromatic rings. The van der Waals surface area contributed by atoms with Crippen molar-refractivity contribution in [1.82, 2.24) is 24.1 Å².